The minimum Gasteiger partial charge on any atom is -0.463 e. The predicted molar refractivity (Wildman–Crippen MR) is 65.2 cm³/mol. The molecule has 1 fully saturated rings. The number of hydrogen-bond acceptors (Lipinski definition) is 6. The fraction of sp³-hybridized carbons (Fsp3) is 0.769. The fourth-order valence-corrected chi connectivity index (χ4v) is 2.27. The van der Waals surface area contributed by atoms with E-state index in [-0.39, 0.29) is 31.8 Å². The van der Waals surface area contributed by atoms with Gasteiger partial charge in [-0.3, -0.25) is 4.79 Å². The lowest BCUT2D eigenvalue weighted by atomic mass is 9.76. The number of esters is 2. The van der Waals surface area contributed by atoms with E-state index >= 15 is 0 Å². The highest BCUT2D eigenvalue weighted by molar-refractivity contribution is 6.08. The highest BCUT2D eigenvalue weighted by Crippen LogP contribution is 2.32. The number of carbonyl (C=O) groups is 3. The SMILES string of the molecule is CCOC(=O)C(O)(C(=O)OCC)C1CCCCC1=O. The minimum atomic E-state index is -2.51. The molecule has 0 aromatic carbocycles. The first-order chi connectivity index (χ1) is 8.98. The van der Waals surface area contributed by atoms with E-state index in [4.69, 9.17) is 9.47 Å². The van der Waals surface area contributed by atoms with Crippen molar-refractivity contribution in [1.29, 1.82) is 0 Å². The molecule has 0 heterocycles. The van der Waals surface area contributed by atoms with Gasteiger partial charge in [-0.15, -0.1) is 0 Å². The first-order valence-corrected chi connectivity index (χ1v) is 6.57. The van der Waals surface area contributed by atoms with Crippen LogP contribution >= 0.6 is 0 Å². The maximum Gasteiger partial charge on any atom is 0.350 e. The van der Waals surface area contributed by atoms with Gasteiger partial charge in [0.1, 0.15) is 5.78 Å². The third-order valence-corrected chi connectivity index (χ3v) is 3.23. The lowest BCUT2D eigenvalue weighted by Gasteiger charge is -2.32. The molecule has 1 N–H and O–H groups in total. The van der Waals surface area contributed by atoms with Crippen molar-refractivity contribution >= 4 is 17.7 Å². The van der Waals surface area contributed by atoms with E-state index in [0.29, 0.717) is 12.8 Å². The number of rotatable bonds is 5. The number of carbonyl (C=O) groups excluding carboxylic acids is 3. The first kappa shape index (κ1) is 15.6. The van der Waals surface area contributed by atoms with Crippen LogP contribution in [-0.4, -0.2) is 41.6 Å². The Morgan fingerprint density at radius 2 is 1.74 bits per heavy atom. The number of aliphatic hydroxyl groups is 1. The Kier molecular flexibility index (Phi) is 5.47. The van der Waals surface area contributed by atoms with Crippen LogP contribution in [-0.2, 0) is 23.9 Å². The van der Waals surface area contributed by atoms with E-state index in [1.807, 2.05) is 0 Å². The molecule has 6 nitrogen and oxygen atoms in total. The molecule has 0 amide bonds. The summed E-state index contributed by atoms with van der Waals surface area (Å²) in [5.74, 6) is -3.57. The van der Waals surface area contributed by atoms with Crippen molar-refractivity contribution in [2.24, 2.45) is 5.92 Å². The van der Waals surface area contributed by atoms with E-state index in [9.17, 15) is 19.5 Å². The first-order valence-electron chi connectivity index (χ1n) is 6.57. The Morgan fingerprint density at radius 1 is 1.21 bits per heavy atom. The van der Waals surface area contributed by atoms with Gasteiger partial charge in [-0.2, -0.15) is 0 Å². The van der Waals surface area contributed by atoms with Crippen LogP contribution in [0.15, 0.2) is 0 Å². The van der Waals surface area contributed by atoms with Gasteiger partial charge in [0.05, 0.1) is 19.1 Å². The molecule has 108 valence electrons. The van der Waals surface area contributed by atoms with Gasteiger partial charge in [0, 0.05) is 6.42 Å². The quantitative estimate of drug-likeness (QED) is 0.582. The summed E-state index contributed by atoms with van der Waals surface area (Å²) in [5.41, 5.74) is -2.51. The number of ketones is 1. The van der Waals surface area contributed by atoms with Crippen LogP contribution < -0.4 is 0 Å². The zero-order chi connectivity index (χ0) is 14.5. The summed E-state index contributed by atoms with van der Waals surface area (Å²) in [6.45, 7) is 3.15. The molecule has 0 bridgehead atoms. The van der Waals surface area contributed by atoms with Crippen LogP contribution in [0.4, 0.5) is 0 Å². The standard InChI is InChI=1S/C13H20O6/c1-3-18-11(15)13(17,12(16)19-4-2)9-7-5-6-8-10(9)14/h9,17H,3-8H2,1-2H3. The number of Topliss-reactive ketones (excluding diaryl/α,β-unsaturated/α-hetero) is 1. The molecule has 0 saturated heterocycles. The summed E-state index contributed by atoms with van der Waals surface area (Å²) in [7, 11) is 0. The smallest absolute Gasteiger partial charge is 0.350 e. The zero-order valence-electron chi connectivity index (χ0n) is 11.3. The summed E-state index contributed by atoms with van der Waals surface area (Å²) in [4.78, 5) is 35.7. The van der Waals surface area contributed by atoms with Crippen LogP contribution in [0.25, 0.3) is 0 Å². The monoisotopic (exact) mass is 272 g/mol. The van der Waals surface area contributed by atoms with Crippen molar-refractivity contribution in [3.63, 3.8) is 0 Å². The lowest BCUT2D eigenvalue weighted by Crippen LogP contribution is -2.57. The van der Waals surface area contributed by atoms with Crippen LogP contribution in [0.2, 0.25) is 0 Å². The second-order valence-electron chi connectivity index (χ2n) is 4.47. The number of hydrogen-bond donors (Lipinski definition) is 1. The topological polar surface area (TPSA) is 89.9 Å². The molecule has 19 heavy (non-hydrogen) atoms. The third kappa shape index (κ3) is 3.12. The van der Waals surface area contributed by atoms with Crippen LogP contribution in [0, 0.1) is 5.92 Å². The molecule has 0 aromatic heterocycles. The molecule has 1 saturated carbocycles. The second kappa shape index (κ2) is 6.65. The van der Waals surface area contributed by atoms with E-state index in [1.165, 1.54) is 0 Å². The average Bonchev–Trinajstić information content (AvgIpc) is 2.39. The average molecular weight is 272 g/mol. The molecule has 1 unspecified atom stereocenters. The van der Waals surface area contributed by atoms with Gasteiger partial charge >= 0.3 is 11.9 Å². The molecule has 6 heteroatoms. The molecule has 0 aromatic rings. The molecule has 0 aliphatic heterocycles. The van der Waals surface area contributed by atoms with Gasteiger partial charge in [-0.25, -0.2) is 9.59 Å². The molecule has 1 atom stereocenters. The van der Waals surface area contributed by atoms with Gasteiger partial charge < -0.3 is 14.6 Å². The van der Waals surface area contributed by atoms with Crippen LogP contribution in [0.1, 0.15) is 39.5 Å². The van der Waals surface area contributed by atoms with Crippen molar-refractivity contribution in [2.45, 2.75) is 45.1 Å². The van der Waals surface area contributed by atoms with Crippen molar-refractivity contribution in [3.05, 3.63) is 0 Å². The molecule has 0 spiro atoms. The second-order valence-corrected chi connectivity index (χ2v) is 4.47. The lowest BCUT2D eigenvalue weighted by molar-refractivity contribution is -0.192. The van der Waals surface area contributed by atoms with Gasteiger partial charge in [0.2, 0.25) is 0 Å². The van der Waals surface area contributed by atoms with E-state index < -0.39 is 23.5 Å². The van der Waals surface area contributed by atoms with E-state index in [0.717, 1.165) is 0 Å². The Bertz CT molecular complexity index is 344. The summed E-state index contributed by atoms with van der Waals surface area (Å²) in [6, 6.07) is 0. The summed E-state index contributed by atoms with van der Waals surface area (Å²) in [6.07, 6.45) is 1.92. The molecule has 1 aliphatic carbocycles. The Hall–Kier alpha value is -1.43. The summed E-state index contributed by atoms with van der Waals surface area (Å²) in [5, 5.41) is 10.4. The highest BCUT2D eigenvalue weighted by Gasteiger charge is 2.56. The largest absolute Gasteiger partial charge is 0.463 e. The fourth-order valence-electron chi connectivity index (χ4n) is 2.27. The Morgan fingerprint density at radius 3 is 2.16 bits per heavy atom. The molecule has 1 aliphatic rings. The van der Waals surface area contributed by atoms with Crippen LogP contribution in [0.5, 0.6) is 0 Å². The maximum atomic E-state index is 11.9. The molecular weight excluding hydrogens is 252 g/mol. The Labute approximate surface area is 112 Å². The van der Waals surface area contributed by atoms with Gasteiger partial charge in [0.25, 0.3) is 5.60 Å². The molecule has 1 rings (SSSR count). The zero-order valence-corrected chi connectivity index (χ0v) is 11.3. The van der Waals surface area contributed by atoms with Crippen molar-refractivity contribution < 1.29 is 29.0 Å². The molecule has 0 radical (unpaired) electrons. The molecular formula is C13H20O6. The van der Waals surface area contributed by atoms with Crippen molar-refractivity contribution in [2.75, 3.05) is 13.2 Å². The summed E-state index contributed by atoms with van der Waals surface area (Å²) >= 11 is 0. The van der Waals surface area contributed by atoms with E-state index in [1.54, 1.807) is 13.8 Å². The van der Waals surface area contributed by atoms with Crippen molar-refractivity contribution in [1.82, 2.24) is 0 Å². The number of ether oxygens (including phenoxy) is 2. The normalized spacial score (nSPS) is 19.9. The third-order valence-electron chi connectivity index (χ3n) is 3.23. The van der Waals surface area contributed by atoms with E-state index in [2.05, 4.69) is 0 Å². The van der Waals surface area contributed by atoms with Gasteiger partial charge in [-0.05, 0) is 26.7 Å². The summed E-state index contributed by atoms with van der Waals surface area (Å²) < 4.78 is 9.47. The minimum absolute atomic E-state index is 0.0153. The van der Waals surface area contributed by atoms with Gasteiger partial charge in [-0.1, -0.05) is 6.42 Å². The van der Waals surface area contributed by atoms with Gasteiger partial charge in [0.15, 0.2) is 0 Å². The highest BCUT2D eigenvalue weighted by atomic mass is 16.6. The van der Waals surface area contributed by atoms with Crippen molar-refractivity contribution in [3.8, 4) is 0 Å². The predicted octanol–water partition coefficient (Wildman–Crippen LogP) is 0.603. The Balaban J connectivity index is 3.05. The maximum absolute atomic E-state index is 11.9. The van der Waals surface area contributed by atoms with Crippen LogP contribution in [0.3, 0.4) is 0 Å².